The number of rotatable bonds is 5. The Morgan fingerprint density at radius 2 is 2.24 bits per heavy atom. The van der Waals surface area contributed by atoms with E-state index in [1.54, 1.807) is 11.8 Å². The molecule has 118 valence electrons. The standard InChI is InChI=1S/C15H24N2O3S/c1-9(2)17-15(13(18)19-5)7-6-12(8-15)21-14-16-10(3)11(4)20-14/h9,12,17H,6-8H2,1-5H3. The summed E-state index contributed by atoms with van der Waals surface area (Å²) in [5, 5.41) is 4.41. The van der Waals surface area contributed by atoms with Gasteiger partial charge >= 0.3 is 5.97 Å². The third kappa shape index (κ3) is 3.61. The van der Waals surface area contributed by atoms with Crippen molar-refractivity contribution in [1.29, 1.82) is 0 Å². The van der Waals surface area contributed by atoms with E-state index in [1.807, 2.05) is 27.7 Å². The largest absolute Gasteiger partial charge is 0.468 e. The number of methoxy groups -OCH3 is 1. The summed E-state index contributed by atoms with van der Waals surface area (Å²) < 4.78 is 10.6. The molecule has 1 saturated carbocycles. The monoisotopic (exact) mass is 312 g/mol. The van der Waals surface area contributed by atoms with Gasteiger partial charge in [-0.1, -0.05) is 11.8 Å². The van der Waals surface area contributed by atoms with Crippen LogP contribution in [0.2, 0.25) is 0 Å². The van der Waals surface area contributed by atoms with E-state index >= 15 is 0 Å². The van der Waals surface area contributed by atoms with Gasteiger partial charge in [-0.25, -0.2) is 4.98 Å². The maximum Gasteiger partial charge on any atom is 0.326 e. The fourth-order valence-corrected chi connectivity index (χ4v) is 4.11. The molecule has 2 atom stereocenters. The summed E-state index contributed by atoms with van der Waals surface area (Å²) in [5.74, 6) is 0.689. The van der Waals surface area contributed by atoms with Gasteiger partial charge in [-0.2, -0.15) is 0 Å². The summed E-state index contributed by atoms with van der Waals surface area (Å²) in [6, 6.07) is 0.235. The summed E-state index contributed by atoms with van der Waals surface area (Å²) in [7, 11) is 1.45. The number of nitrogens with one attached hydrogen (secondary N) is 1. The minimum Gasteiger partial charge on any atom is -0.468 e. The van der Waals surface area contributed by atoms with Gasteiger partial charge in [0.25, 0.3) is 5.22 Å². The van der Waals surface area contributed by atoms with Gasteiger partial charge in [0.2, 0.25) is 0 Å². The highest BCUT2D eigenvalue weighted by Crippen LogP contribution is 2.41. The fraction of sp³-hybridized carbons (Fsp3) is 0.733. The van der Waals surface area contributed by atoms with Gasteiger partial charge in [0.05, 0.1) is 12.8 Å². The van der Waals surface area contributed by atoms with E-state index in [-0.39, 0.29) is 12.0 Å². The molecule has 1 aliphatic carbocycles. The molecule has 1 aromatic heterocycles. The Hall–Kier alpha value is -1.01. The van der Waals surface area contributed by atoms with Crippen LogP contribution in [-0.4, -0.2) is 34.9 Å². The van der Waals surface area contributed by atoms with Crippen molar-refractivity contribution in [3.63, 3.8) is 0 Å². The maximum atomic E-state index is 12.2. The van der Waals surface area contributed by atoms with Crippen molar-refractivity contribution in [2.75, 3.05) is 7.11 Å². The van der Waals surface area contributed by atoms with Gasteiger partial charge in [0, 0.05) is 11.3 Å². The summed E-state index contributed by atoms with van der Waals surface area (Å²) >= 11 is 1.62. The molecule has 1 heterocycles. The van der Waals surface area contributed by atoms with Crippen molar-refractivity contribution in [1.82, 2.24) is 10.3 Å². The molecule has 1 aromatic rings. The van der Waals surface area contributed by atoms with Crippen LogP contribution < -0.4 is 5.32 Å². The van der Waals surface area contributed by atoms with Gasteiger partial charge in [0.15, 0.2) is 0 Å². The Bertz CT molecular complexity index is 496. The van der Waals surface area contributed by atoms with Crippen LogP contribution in [0.4, 0.5) is 0 Å². The van der Waals surface area contributed by atoms with Gasteiger partial charge in [-0.3, -0.25) is 10.1 Å². The lowest BCUT2D eigenvalue weighted by atomic mass is 9.97. The highest BCUT2D eigenvalue weighted by atomic mass is 32.2. The molecule has 0 aliphatic heterocycles. The molecule has 0 amide bonds. The summed E-state index contributed by atoms with van der Waals surface area (Å²) in [6.07, 6.45) is 2.47. The zero-order chi connectivity index (χ0) is 15.6. The lowest BCUT2D eigenvalue weighted by molar-refractivity contribution is -0.148. The first-order chi connectivity index (χ1) is 9.86. The first-order valence-electron chi connectivity index (χ1n) is 7.33. The fourth-order valence-electron chi connectivity index (χ4n) is 2.86. The normalized spacial score (nSPS) is 25.5. The van der Waals surface area contributed by atoms with Crippen molar-refractivity contribution in [3.8, 4) is 0 Å². The minimum absolute atomic E-state index is 0.168. The van der Waals surface area contributed by atoms with Crippen LogP contribution in [0.3, 0.4) is 0 Å². The topological polar surface area (TPSA) is 64.4 Å². The predicted molar refractivity (Wildman–Crippen MR) is 82.5 cm³/mol. The van der Waals surface area contributed by atoms with Crippen LogP contribution in [0.1, 0.15) is 44.6 Å². The number of ether oxygens (including phenoxy) is 1. The third-order valence-electron chi connectivity index (χ3n) is 3.89. The lowest BCUT2D eigenvalue weighted by Crippen LogP contribution is -2.53. The lowest BCUT2D eigenvalue weighted by Gasteiger charge is -2.29. The van der Waals surface area contributed by atoms with Crippen LogP contribution in [0, 0.1) is 13.8 Å². The van der Waals surface area contributed by atoms with Gasteiger partial charge in [-0.15, -0.1) is 0 Å². The first kappa shape index (κ1) is 16.4. The zero-order valence-corrected chi connectivity index (χ0v) is 14.2. The molecule has 1 aliphatic rings. The Balaban J connectivity index is 2.07. The smallest absolute Gasteiger partial charge is 0.326 e. The molecule has 1 fully saturated rings. The van der Waals surface area contributed by atoms with E-state index in [1.165, 1.54) is 7.11 Å². The molecule has 5 nitrogen and oxygen atoms in total. The van der Waals surface area contributed by atoms with Crippen LogP contribution in [0.25, 0.3) is 0 Å². The van der Waals surface area contributed by atoms with Crippen molar-refractivity contribution in [3.05, 3.63) is 11.5 Å². The Morgan fingerprint density at radius 3 is 2.76 bits per heavy atom. The van der Waals surface area contributed by atoms with Gasteiger partial charge in [-0.05, 0) is 47.0 Å². The number of carbonyl (C=O) groups is 1. The molecule has 0 radical (unpaired) electrons. The molecule has 0 bridgehead atoms. The number of nitrogens with zero attached hydrogens (tertiary/aromatic N) is 1. The average molecular weight is 312 g/mol. The second kappa shape index (κ2) is 6.40. The number of aryl methyl sites for hydroxylation is 2. The van der Waals surface area contributed by atoms with Crippen LogP contribution >= 0.6 is 11.8 Å². The van der Waals surface area contributed by atoms with E-state index in [9.17, 15) is 4.79 Å². The molecule has 6 heteroatoms. The summed E-state index contributed by atoms with van der Waals surface area (Å²) in [6.45, 7) is 7.95. The van der Waals surface area contributed by atoms with E-state index in [4.69, 9.17) is 9.15 Å². The molecule has 0 aromatic carbocycles. The predicted octanol–water partition coefficient (Wildman–Crippen LogP) is 2.85. The SMILES string of the molecule is COC(=O)C1(NC(C)C)CCC(Sc2nc(C)c(C)o2)C1. The number of thioether (sulfide) groups is 1. The highest BCUT2D eigenvalue weighted by molar-refractivity contribution is 7.99. The molecule has 0 spiro atoms. The van der Waals surface area contributed by atoms with Crippen molar-refractivity contribution in [2.45, 2.75) is 69.0 Å². The first-order valence-corrected chi connectivity index (χ1v) is 8.21. The number of oxazole rings is 1. The minimum atomic E-state index is -0.572. The Kier molecular flexibility index (Phi) is 4.99. The van der Waals surface area contributed by atoms with Gasteiger partial charge in [0.1, 0.15) is 11.3 Å². The molecule has 21 heavy (non-hydrogen) atoms. The highest BCUT2D eigenvalue weighted by Gasteiger charge is 2.47. The van der Waals surface area contributed by atoms with Crippen molar-refractivity contribution < 1.29 is 13.9 Å². The van der Waals surface area contributed by atoms with Gasteiger partial charge < -0.3 is 9.15 Å². The second-order valence-corrected chi connectivity index (χ2v) is 7.23. The van der Waals surface area contributed by atoms with Crippen molar-refractivity contribution in [2.24, 2.45) is 0 Å². The number of aromatic nitrogens is 1. The molecule has 1 N–H and O–H groups in total. The molecule has 0 saturated heterocycles. The number of esters is 1. The Labute approximate surface area is 130 Å². The Morgan fingerprint density at radius 1 is 1.52 bits per heavy atom. The van der Waals surface area contributed by atoms with Crippen molar-refractivity contribution >= 4 is 17.7 Å². The summed E-state index contributed by atoms with van der Waals surface area (Å²) in [5.41, 5.74) is 0.354. The maximum absolute atomic E-state index is 12.2. The quantitative estimate of drug-likeness (QED) is 0.844. The zero-order valence-electron chi connectivity index (χ0n) is 13.4. The van der Waals surface area contributed by atoms with Crippen LogP contribution in [0.15, 0.2) is 9.64 Å². The third-order valence-corrected chi connectivity index (χ3v) is 5.00. The molecular formula is C15H24N2O3S. The van der Waals surface area contributed by atoms with E-state index in [0.717, 1.165) is 30.7 Å². The molecule has 2 unspecified atom stereocenters. The van der Waals surface area contributed by atoms with E-state index in [2.05, 4.69) is 10.3 Å². The van der Waals surface area contributed by atoms with Crippen LogP contribution in [0.5, 0.6) is 0 Å². The number of hydrogen-bond donors (Lipinski definition) is 1. The van der Waals surface area contributed by atoms with Crippen LogP contribution in [-0.2, 0) is 9.53 Å². The summed E-state index contributed by atoms with van der Waals surface area (Å²) in [4.78, 5) is 16.6. The van der Waals surface area contributed by atoms with E-state index in [0.29, 0.717) is 10.5 Å². The molecule has 2 rings (SSSR count). The van der Waals surface area contributed by atoms with E-state index < -0.39 is 5.54 Å². The molecular weight excluding hydrogens is 288 g/mol. The number of carbonyl (C=O) groups excluding carboxylic acids is 1. The second-order valence-electron chi connectivity index (χ2n) is 5.98. The average Bonchev–Trinajstić information content (AvgIpc) is 2.94. The number of hydrogen-bond acceptors (Lipinski definition) is 6.